The van der Waals surface area contributed by atoms with E-state index in [4.69, 9.17) is 22.7 Å². The first kappa shape index (κ1) is 10.3. The Kier molecular flexibility index (Phi) is 4.04. The van der Waals surface area contributed by atoms with Crippen LogP contribution in [-0.2, 0) is 0 Å². The molecule has 0 aliphatic heterocycles. The van der Waals surface area contributed by atoms with Gasteiger partial charge in [0.05, 0.1) is 6.61 Å². The average Bonchev–Trinajstić information content (AvgIpc) is 2.03. The second-order valence-corrected chi connectivity index (χ2v) is 4.07. The van der Waals surface area contributed by atoms with Crippen LogP contribution in [0.4, 0.5) is 5.13 Å². The van der Waals surface area contributed by atoms with Gasteiger partial charge in [0.15, 0.2) is 9.09 Å². The average molecular weight is 217 g/mol. The molecule has 0 aliphatic carbocycles. The van der Waals surface area contributed by atoms with Crippen molar-refractivity contribution in [2.75, 3.05) is 12.3 Å². The first-order valence-corrected chi connectivity index (χ1v) is 5.22. The summed E-state index contributed by atoms with van der Waals surface area (Å²) in [6.45, 7) is 2.70. The first-order valence-electron chi connectivity index (χ1n) is 4.00. The number of hydrogen-bond acceptors (Lipinski definition) is 6. The van der Waals surface area contributed by atoms with E-state index in [0.29, 0.717) is 15.7 Å². The molecule has 4 nitrogen and oxygen atoms in total. The fraction of sp³-hybridized carbons (Fsp3) is 0.571. The Hall–Kier alpha value is -0.750. The maximum absolute atomic E-state index is 5.48. The number of unbranched alkanes of at least 4 members (excludes halogenated alkanes) is 1. The number of nitrogens with zero attached hydrogens (tertiary/aromatic N) is 2. The molecular weight excluding hydrogens is 206 g/mol. The van der Waals surface area contributed by atoms with E-state index in [1.165, 1.54) is 11.3 Å². The number of nitrogen functional groups attached to an aromatic ring is 1. The van der Waals surface area contributed by atoms with Crippen LogP contribution in [0.15, 0.2) is 0 Å². The molecule has 1 heterocycles. The van der Waals surface area contributed by atoms with Gasteiger partial charge in [0.2, 0.25) is 0 Å². The van der Waals surface area contributed by atoms with Crippen LogP contribution in [0.25, 0.3) is 0 Å². The summed E-state index contributed by atoms with van der Waals surface area (Å²) in [5.41, 5.74) is 5.48. The summed E-state index contributed by atoms with van der Waals surface area (Å²) in [7, 11) is 0. The molecule has 0 unspecified atom stereocenters. The molecule has 0 saturated carbocycles. The highest BCUT2D eigenvalue weighted by Crippen LogP contribution is 2.12. The molecule has 13 heavy (non-hydrogen) atoms. The van der Waals surface area contributed by atoms with Crippen LogP contribution in [-0.4, -0.2) is 16.6 Å². The van der Waals surface area contributed by atoms with Crippen LogP contribution in [0.3, 0.4) is 0 Å². The standard InChI is InChI=1S/C7H11N3OS2/c1-2-3-4-11-6-9-5(8)13-7(12)10-6/h2-4H2,1H3,(H2,8,9,10,12). The van der Waals surface area contributed by atoms with Gasteiger partial charge in [-0.3, -0.25) is 0 Å². The summed E-state index contributed by atoms with van der Waals surface area (Å²) < 4.78 is 5.70. The Morgan fingerprint density at radius 3 is 2.92 bits per heavy atom. The molecule has 6 heteroatoms. The van der Waals surface area contributed by atoms with Gasteiger partial charge in [-0.05, 0) is 18.6 Å². The predicted molar refractivity (Wildman–Crippen MR) is 55.6 cm³/mol. The molecule has 1 aromatic heterocycles. The Balaban J connectivity index is 2.61. The zero-order chi connectivity index (χ0) is 9.68. The lowest BCUT2D eigenvalue weighted by Crippen LogP contribution is -2.01. The van der Waals surface area contributed by atoms with E-state index in [0.717, 1.165) is 12.8 Å². The fourth-order valence-electron chi connectivity index (χ4n) is 0.705. The van der Waals surface area contributed by atoms with Gasteiger partial charge in [-0.25, -0.2) is 0 Å². The quantitative estimate of drug-likeness (QED) is 0.617. The van der Waals surface area contributed by atoms with Crippen molar-refractivity contribution < 1.29 is 4.74 Å². The zero-order valence-electron chi connectivity index (χ0n) is 7.32. The highest BCUT2D eigenvalue weighted by atomic mass is 32.1. The molecule has 0 saturated heterocycles. The maximum Gasteiger partial charge on any atom is 0.321 e. The van der Waals surface area contributed by atoms with Crippen LogP contribution < -0.4 is 10.5 Å². The predicted octanol–water partition coefficient (Wildman–Crippen LogP) is 2.03. The van der Waals surface area contributed by atoms with Crippen molar-refractivity contribution in [1.82, 2.24) is 9.97 Å². The summed E-state index contributed by atoms with van der Waals surface area (Å²) in [4.78, 5) is 7.83. The van der Waals surface area contributed by atoms with Gasteiger partial charge in [0.25, 0.3) is 0 Å². The molecule has 0 aliphatic rings. The third kappa shape index (κ3) is 3.65. The maximum atomic E-state index is 5.48. The number of hydrogen-bond donors (Lipinski definition) is 1. The van der Waals surface area contributed by atoms with E-state index in [1.807, 2.05) is 0 Å². The lowest BCUT2D eigenvalue weighted by molar-refractivity contribution is 0.286. The number of aromatic nitrogens is 2. The summed E-state index contributed by atoms with van der Waals surface area (Å²) in [6.07, 6.45) is 2.06. The van der Waals surface area contributed by atoms with Crippen LogP contribution >= 0.6 is 23.6 Å². The van der Waals surface area contributed by atoms with Crippen LogP contribution in [0.5, 0.6) is 6.01 Å². The van der Waals surface area contributed by atoms with E-state index < -0.39 is 0 Å². The highest BCUT2D eigenvalue weighted by Gasteiger charge is 1.99. The Labute approximate surface area is 85.8 Å². The van der Waals surface area contributed by atoms with Gasteiger partial charge < -0.3 is 10.5 Å². The third-order valence-corrected chi connectivity index (χ3v) is 2.22. The second-order valence-electron chi connectivity index (χ2n) is 2.41. The smallest absolute Gasteiger partial charge is 0.321 e. The van der Waals surface area contributed by atoms with E-state index in [9.17, 15) is 0 Å². The minimum atomic E-state index is 0.287. The molecule has 0 atom stereocenters. The van der Waals surface area contributed by atoms with Crippen LogP contribution in [0.1, 0.15) is 19.8 Å². The lowest BCUT2D eigenvalue weighted by atomic mass is 10.4. The molecule has 1 rings (SSSR count). The minimum absolute atomic E-state index is 0.287. The summed E-state index contributed by atoms with van der Waals surface area (Å²) >= 11 is 6.05. The van der Waals surface area contributed by atoms with Crippen molar-refractivity contribution >= 4 is 28.7 Å². The molecule has 0 spiro atoms. The molecule has 0 bridgehead atoms. The Morgan fingerprint density at radius 2 is 2.31 bits per heavy atom. The second kappa shape index (κ2) is 5.08. The topological polar surface area (TPSA) is 61.0 Å². The lowest BCUT2D eigenvalue weighted by Gasteiger charge is -2.01. The van der Waals surface area contributed by atoms with Gasteiger partial charge in [0, 0.05) is 0 Å². The summed E-state index contributed by atoms with van der Waals surface area (Å²) in [5.74, 6) is 0. The van der Waals surface area contributed by atoms with E-state index in [1.54, 1.807) is 0 Å². The van der Waals surface area contributed by atoms with Crippen molar-refractivity contribution in [1.29, 1.82) is 0 Å². The molecule has 0 radical (unpaired) electrons. The summed E-state index contributed by atoms with van der Waals surface area (Å²) in [6, 6.07) is 0.287. The minimum Gasteiger partial charge on any atom is -0.463 e. The zero-order valence-corrected chi connectivity index (χ0v) is 8.95. The van der Waals surface area contributed by atoms with Crippen molar-refractivity contribution in [3.8, 4) is 6.01 Å². The molecule has 2 N–H and O–H groups in total. The van der Waals surface area contributed by atoms with Crippen molar-refractivity contribution in [3.63, 3.8) is 0 Å². The molecular formula is C7H11N3OS2. The third-order valence-electron chi connectivity index (χ3n) is 1.31. The Morgan fingerprint density at radius 1 is 1.54 bits per heavy atom. The van der Waals surface area contributed by atoms with Crippen LogP contribution in [0, 0.1) is 3.95 Å². The van der Waals surface area contributed by atoms with E-state index in [2.05, 4.69) is 16.9 Å². The highest BCUT2D eigenvalue weighted by molar-refractivity contribution is 7.73. The fourth-order valence-corrected chi connectivity index (χ4v) is 1.47. The monoisotopic (exact) mass is 217 g/mol. The normalized spacial score (nSPS) is 9.92. The van der Waals surface area contributed by atoms with Crippen molar-refractivity contribution in [3.05, 3.63) is 3.95 Å². The summed E-state index contributed by atoms with van der Waals surface area (Å²) in [5, 5.41) is 0.395. The first-order chi connectivity index (χ1) is 6.22. The van der Waals surface area contributed by atoms with Gasteiger partial charge >= 0.3 is 6.01 Å². The number of ether oxygens (including phenoxy) is 1. The van der Waals surface area contributed by atoms with Crippen molar-refractivity contribution in [2.24, 2.45) is 0 Å². The van der Waals surface area contributed by atoms with Crippen molar-refractivity contribution in [2.45, 2.75) is 19.8 Å². The molecule has 72 valence electrons. The number of anilines is 1. The molecule has 0 fully saturated rings. The molecule has 0 aromatic carbocycles. The SMILES string of the molecule is CCCCOc1nc(N)sc(=S)n1. The van der Waals surface area contributed by atoms with Crippen LogP contribution in [0.2, 0.25) is 0 Å². The van der Waals surface area contributed by atoms with Gasteiger partial charge in [0.1, 0.15) is 0 Å². The number of rotatable bonds is 4. The Bertz CT molecular complexity index is 326. The van der Waals surface area contributed by atoms with Gasteiger partial charge in [-0.1, -0.05) is 24.7 Å². The molecule has 1 aromatic rings. The largest absolute Gasteiger partial charge is 0.463 e. The number of nitrogens with two attached hydrogens (primary N) is 1. The van der Waals surface area contributed by atoms with E-state index in [-0.39, 0.29) is 6.01 Å². The van der Waals surface area contributed by atoms with Gasteiger partial charge in [-0.2, -0.15) is 9.97 Å². The van der Waals surface area contributed by atoms with E-state index >= 15 is 0 Å². The molecule has 0 amide bonds. The van der Waals surface area contributed by atoms with Gasteiger partial charge in [-0.15, -0.1) is 0 Å².